The Hall–Kier alpha value is -2.64. The second-order valence-corrected chi connectivity index (χ2v) is 7.77. The molecular weight excluding hydrogens is 500 g/mol. The van der Waals surface area contributed by atoms with E-state index in [-0.39, 0.29) is 12.5 Å². The Labute approximate surface area is 186 Å². The molecular formula is C22H18Br2N2O3. The van der Waals surface area contributed by atoms with Crippen molar-refractivity contribution in [2.24, 2.45) is 5.10 Å². The summed E-state index contributed by atoms with van der Waals surface area (Å²) in [5, 5.41) is 3.97. The average molecular weight is 518 g/mol. The van der Waals surface area contributed by atoms with Crippen LogP contribution in [0.25, 0.3) is 0 Å². The Kier molecular flexibility index (Phi) is 7.84. The topological polar surface area (TPSA) is 59.9 Å². The summed E-state index contributed by atoms with van der Waals surface area (Å²) in [5.74, 6) is 0.954. The molecule has 0 radical (unpaired) electrons. The standard InChI is InChI=1S/C22H18Br2N2O3/c23-18-9-10-21(20(24)12-18)29-15-22(27)26-25-13-17-7-4-8-19(11-17)28-14-16-5-2-1-3-6-16/h1-13H,14-15H2,(H,26,27)/b25-13+. The summed E-state index contributed by atoms with van der Waals surface area (Å²) >= 11 is 6.75. The van der Waals surface area contributed by atoms with E-state index < -0.39 is 0 Å². The highest BCUT2D eigenvalue weighted by Crippen LogP contribution is 2.28. The number of benzene rings is 3. The van der Waals surface area contributed by atoms with Crippen LogP contribution in [-0.4, -0.2) is 18.7 Å². The van der Waals surface area contributed by atoms with Crippen molar-refractivity contribution in [3.63, 3.8) is 0 Å². The number of halogens is 2. The Bertz CT molecular complexity index is 994. The number of carbonyl (C=O) groups excluding carboxylic acids is 1. The van der Waals surface area contributed by atoms with Gasteiger partial charge in [0.2, 0.25) is 0 Å². The van der Waals surface area contributed by atoms with E-state index >= 15 is 0 Å². The fraction of sp³-hybridized carbons (Fsp3) is 0.0909. The number of nitrogens with zero attached hydrogens (tertiary/aromatic N) is 1. The molecule has 0 aliphatic rings. The van der Waals surface area contributed by atoms with Crippen molar-refractivity contribution in [3.05, 3.63) is 92.9 Å². The van der Waals surface area contributed by atoms with E-state index in [2.05, 4.69) is 42.4 Å². The minimum Gasteiger partial charge on any atom is -0.489 e. The van der Waals surface area contributed by atoms with Crippen molar-refractivity contribution in [1.82, 2.24) is 5.43 Å². The van der Waals surface area contributed by atoms with Crippen molar-refractivity contribution in [2.75, 3.05) is 6.61 Å². The SMILES string of the molecule is O=C(COc1ccc(Br)cc1Br)N/N=C/c1cccc(OCc2ccccc2)c1. The lowest BCUT2D eigenvalue weighted by molar-refractivity contribution is -0.123. The van der Waals surface area contributed by atoms with Gasteiger partial charge in [-0.3, -0.25) is 4.79 Å². The number of ether oxygens (including phenoxy) is 2. The first kappa shape index (κ1) is 21.1. The van der Waals surface area contributed by atoms with Crippen molar-refractivity contribution in [1.29, 1.82) is 0 Å². The van der Waals surface area contributed by atoms with Crippen LogP contribution in [0.4, 0.5) is 0 Å². The lowest BCUT2D eigenvalue weighted by Gasteiger charge is -2.07. The summed E-state index contributed by atoms with van der Waals surface area (Å²) in [7, 11) is 0. The summed E-state index contributed by atoms with van der Waals surface area (Å²) < 4.78 is 12.9. The molecule has 3 aromatic rings. The van der Waals surface area contributed by atoms with E-state index in [9.17, 15) is 4.79 Å². The van der Waals surface area contributed by atoms with Crippen LogP contribution in [0.15, 0.2) is 86.8 Å². The molecule has 0 atom stereocenters. The number of hydrazone groups is 1. The molecule has 3 rings (SSSR count). The molecule has 0 saturated carbocycles. The summed E-state index contributed by atoms with van der Waals surface area (Å²) in [4.78, 5) is 11.9. The Balaban J connectivity index is 1.47. The zero-order valence-corrected chi connectivity index (χ0v) is 18.5. The monoisotopic (exact) mass is 516 g/mol. The fourth-order valence-corrected chi connectivity index (χ4v) is 3.53. The molecule has 1 N–H and O–H groups in total. The maximum Gasteiger partial charge on any atom is 0.277 e. The van der Waals surface area contributed by atoms with Crippen LogP contribution in [-0.2, 0) is 11.4 Å². The first-order valence-corrected chi connectivity index (χ1v) is 10.4. The smallest absolute Gasteiger partial charge is 0.277 e. The van der Waals surface area contributed by atoms with Crippen LogP contribution >= 0.6 is 31.9 Å². The van der Waals surface area contributed by atoms with Gasteiger partial charge < -0.3 is 9.47 Å². The van der Waals surface area contributed by atoms with Crippen molar-refractivity contribution >= 4 is 44.0 Å². The number of amides is 1. The highest BCUT2D eigenvalue weighted by atomic mass is 79.9. The number of rotatable bonds is 8. The molecule has 0 aliphatic heterocycles. The van der Waals surface area contributed by atoms with Crippen molar-refractivity contribution < 1.29 is 14.3 Å². The molecule has 0 aliphatic carbocycles. The van der Waals surface area contributed by atoms with E-state index in [0.29, 0.717) is 12.4 Å². The summed E-state index contributed by atoms with van der Waals surface area (Å²) in [6.07, 6.45) is 1.56. The van der Waals surface area contributed by atoms with Crippen LogP contribution in [0.3, 0.4) is 0 Å². The molecule has 5 nitrogen and oxygen atoms in total. The lowest BCUT2D eigenvalue weighted by atomic mass is 10.2. The van der Waals surface area contributed by atoms with Gasteiger partial charge in [0.15, 0.2) is 6.61 Å². The maximum atomic E-state index is 11.9. The highest BCUT2D eigenvalue weighted by Gasteiger charge is 2.05. The normalized spacial score (nSPS) is 10.7. The van der Waals surface area contributed by atoms with E-state index in [1.165, 1.54) is 0 Å². The lowest BCUT2D eigenvalue weighted by Crippen LogP contribution is -2.24. The molecule has 1 amide bonds. The number of carbonyl (C=O) groups is 1. The molecule has 0 saturated heterocycles. The van der Waals surface area contributed by atoms with E-state index in [1.807, 2.05) is 66.7 Å². The summed E-state index contributed by atoms with van der Waals surface area (Å²) in [5.41, 5.74) is 4.36. The van der Waals surface area contributed by atoms with Crippen LogP contribution < -0.4 is 14.9 Å². The molecule has 29 heavy (non-hydrogen) atoms. The second kappa shape index (κ2) is 10.8. The van der Waals surface area contributed by atoms with Gasteiger partial charge in [0.1, 0.15) is 18.1 Å². The van der Waals surface area contributed by atoms with Gasteiger partial charge in [0, 0.05) is 4.47 Å². The van der Waals surface area contributed by atoms with Gasteiger partial charge in [-0.25, -0.2) is 5.43 Å². The van der Waals surface area contributed by atoms with Gasteiger partial charge in [-0.15, -0.1) is 0 Å². The molecule has 0 bridgehead atoms. The van der Waals surface area contributed by atoms with Gasteiger partial charge in [-0.2, -0.15) is 5.10 Å². The second-order valence-electron chi connectivity index (χ2n) is 6.00. The van der Waals surface area contributed by atoms with Crippen LogP contribution in [0.1, 0.15) is 11.1 Å². The first-order valence-electron chi connectivity index (χ1n) is 8.77. The molecule has 0 spiro atoms. The summed E-state index contributed by atoms with van der Waals surface area (Å²) in [6, 6.07) is 22.9. The third kappa shape index (κ3) is 7.03. The fourth-order valence-electron chi connectivity index (χ4n) is 2.37. The van der Waals surface area contributed by atoms with E-state index in [1.54, 1.807) is 12.3 Å². The third-order valence-corrected chi connectivity index (χ3v) is 4.87. The predicted molar refractivity (Wildman–Crippen MR) is 120 cm³/mol. The highest BCUT2D eigenvalue weighted by molar-refractivity contribution is 9.11. The number of nitrogens with one attached hydrogen (secondary N) is 1. The largest absolute Gasteiger partial charge is 0.489 e. The Morgan fingerprint density at radius 1 is 0.966 bits per heavy atom. The Morgan fingerprint density at radius 3 is 2.59 bits per heavy atom. The van der Waals surface area contributed by atoms with Crippen molar-refractivity contribution in [2.45, 2.75) is 6.61 Å². The zero-order valence-electron chi connectivity index (χ0n) is 15.3. The van der Waals surface area contributed by atoms with Gasteiger partial charge in [-0.05, 0) is 57.4 Å². The zero-order chi connectivity index (χ0) is 20.5. The number of hydrogen-bond acceptors (Lipinski definition) is 4. The van der Waals surface area contributed by atoms with E-state index in [4.69, 9.17) is 9.47 Å². The predicted octanol–water partition coefficient (Wildman–Crippen LogP) is 5.32. The Morgan fingerprint density at radius 2 is 1.79 bits per heavy atom. The third-order valence-electron chi connectivity index (χ3n) is 3.76. The molecule has 7 heteroatoms. The van der Waals surface area contributed by atoms with Crippen LogP contribution in [0.5, 0.6) is 11.5 Å². The van der Waals surface area contributed by atoms with Gasteiger partial charge in [0.25, 0.3) is 5.91 Å². The van der Waals surface area contributed by atoms with Crippen LogP contribution in [0, 0.1) is 0 Å². The first-order chi connectivity index (χ1) is 14.1. The maximum absolute atomic E-state index is 11.9. The minimum absolute atomic E-state index is 0.141. The number of hydrogen-bond donors (Lipinski definition) is 1. The average Bonchev–Trinajstić information content (AvgIpc) is 2.73. The minimum atomic E-state index is -0.354. The summed E-state index contributed by atoms with van der Waals surface area (Å²) in [6.45, 7) is 0.346. The molecule has 0 fully saturated rings. The van der Waals surface area contributed by atoms with Gasteiger partial charge in [-0.1, -0.05) is 58.4 Å². The van der Waals surface area contributed by atoms with Gasteiger partial charge in [0.05, 0.1) is 10.7 Å². The molecule has 148 valence electrons. The van der Waals surface area contributed by atoms with Crippen molar-refractivity contribution in [3.8, 4) is 11.5 Å². The van der Waals surface area contributed by atoms with Gasteiger partial charge >= 0.3 is 0 Å². The molecule has 0 heterocycles. The molecule has 3 aromatic carbocycles. The quantitative estimate of drug-likeness (QED) is 0.325. The molecule has 0 unspecified atom stereocenters. The molecule has 0 aromatic heterocycles. The van der Waals surface area contributed by atoms with E-state index in [0.717, 1.165) is 25.8 Å². The van der Waals surface area contributed by atoms with Crippen LogP contribution in [0.2, 0.25) is 0 Å².